The normalized spacial score (nSPS) is 20.2. The largest absolute Gasteiger partial charge is 0.314 e. The monoisotopic (exact) mass is 328 g/mol. The van der Waals surface area contributed by atoms with E-state index in [0.717, 1.165) is 42.6 Å². The van der Waals surface area contributed by atoms with Crippen molar-refractivity contribution in [2.45, 2.75) is 26.3 Å². The van der Waals surface area contributed by atoms with Crippen LogP contribution >= 0.6 is 15.9 Å². The highest BCUT2D eigenvalue weighted by Gasteiger charge is 2.28. The first-order valence-electron chi connectivity index (χ1n) is 7.03. The van der Waals surface area contributed by atoms with E-state index in [2.05, 4.69) is 40.0 Å². The highest BCUT2D eigenvalue weighted by molar-refractivity contribution is 9.10. The zero-order valence-electron chi connectivity index (χ0n) is 11.6. The van der Waals surface area contributed by atoms with Gasteiger partial charge in [0.25, 0.3) is 0 Å². The van der Waals surface area contributed by atoms with Gasteiger partial charge in [-0.1, -0.05) is 36.2 Å². The highest BCUT2D eigenvalue weighted by atomic mass is 79.9. The molecule has 0 spiro atoms. The van der Waals surface area contributed by atoms with Gasteiger partial charge in [0.1, 0.15) is 5.82 Å². The first-order valence-corrected chi connectivity index (χ1v) is 7.82. The molecule has 0 amide bonds. The van der Waals surface area contributed by atoms with Crippen molar-refractivity contribution in [3.8, 4) is 0 Å². The summed E-state index contributed by atoms with van der Waals surface area (Å²) in [6, 6.07) is 5.44. The zero-order valence-corrected chi connectivity index (χ0v) is 13.2. The van der Waals surface area contributed by atoms with Crippen molar-refractivity contribution in [3.05, 3.63) is 34.1 Å². The molecule has 2 atom stereocenters. The number of halogens is 2. The van der Waals surface area contributed by atoms with Gasteiger partial charge in [0.15, 0.2) is 0 Å². The van der Waals surface area contributed by atoms with Gasteiger partial charge in [-0.3, -0.25) is 4.90 Å². The Hall–Kier alpha value is -0.450. The highest BCUT2D eigenvalue weighted by Crippen LogP contribution is 2.33. The smallest absolute Gasteiger partial charge is 0.128 e. The van der Waals surface area contributed by atoms with Gasteiger partial charge in [-0.2, -0.15) is 0 Å². The van der Waals surface area contributed by atoms with Gasteiger partial charge in [-0.15, -0.1) is 0 Å². The number of piperazine rings is 1. The molecule has 1 heterocycles. The van der Waals surface area contributed by atoms with Gasteiger partial charge in [0, 0.05) is 42.3 Å². The third-order valence-electron chi connectivity index (χ3n) is 4.00. The molecule has 0 radical (unpaired) electrons. The van der Waals surface area contributed by atoms with E-state index in [1.165, 1.54) is 0 Å². The molecule has 1 aliphatic heterocycles. The predicted molar refractivity (Wildman–Crippen MR) is 80.7 cm³/mol. The van der Waals surface area contributed by atoms with Crippen LogP contribution in [0.4, 0.5) is 4.39 Å². The van der Waals surface area contributed by atoms with Gasteiger partial charge in [-0.05, 0) is 24.1 Å². The van der Waals surface area contributed by atoms with E-state index in [-0.39, 0.29) is 11.9 Å². The lowest BCUT2D eigenvalue weighted by Crippen LogP contribution is -2.46. The average molecular weight is 329 g/mol. The number of hydrogen-bond acceptors (Lipinski definition) is 2. The van der Waals surface area contributed by atoms with Crippen LogP contribution in [-0.4, -0.2) is 31.1 Å². The molecular weight excluding hydrogens is 307 g/mol. The van der Waals surface area contributed by atoms with E-state index in [9.17, 15) is 4.39 Å². The maximum absolute atomic E-state index is 14.2. The van der Waals surface area contributed by atoms with Crippen LogP contribution in [0.1, 0.15) is 31.9 Å². The third-order valence-corrected chi connectivity index (χ3v) is 4.50. The second-order valence-electron chi connectivity index (χ2n) is 5.28. The van der Waals surface area contributed by atoms with E-state index in [1.54, 1.807) is 12.1 Å². The van der Waals surface area contributed by atoms with E-state index in [4.69, 9.17) is 0 Å². The van der Waals surface area contributed by atoms with Gasteiger partial charge < -0.3 is 5.32 Å². The van der Waals surface area contributed by atoms with Crippen LogP contribution in [0.15, 0.2) is 22.7 Å². The molecule has 0 saturated carbocycles. The molecule has 106 valence electrons. The van der Waals surface area contributed by atoms with E-state index in [0.29, 0.717) is 5.92 Å². The Bertz CT molecular complexity index is 419. The second-order valence-corrected chi connectivity index (χ2v) is 6.20. The minimum Gasteiger partial charge on any atom is -0.314 e. The molecule has 1 unspecified atom stereocenters. The molecule has 0 aliphatic carbocycles. The third kappa shape index (κ3) is 3.56. The Morgan fingerprint density at radius 3 is 2.68 bits per heavy atom. The predicted octanol–water partition coefficient (Wildman–Crippen LogP) is 3.58. The molecule has 2 rings (SSSR count). The summed E-state index contributed by atoms with van der Waals surface area (Å²) in [6.07, 6.45) is 1.06. The minimum absolute atomic E-state index is 0.0907. The van der Waals surface area contributed by atoms with Crippen LogP contribution < -0.4 is 5.32 Å². The summed E-state index contributed by atoms with van der Waals surface area (Å²) in [5, 5.41) is 3.36. The molecule has 1 aromatic rings. The molecule has 1 saturated heterocycles. The van der Waals surface area contributed by atoms with Crippen LogP contribution in [0, 0.1) is 11.7 Å². The second kappa shape index (κ2) is 6.82. The average Bonchev–Trinajstić information content (AvgIpc) is 2.44. The standard InChI is InChI=1S/C15H22BrFN2/c1-3-11(2)15(19-8-6-18-7-9-19)13-10-12(16)4-5-14(13)17/h4-5,10-11,15,18H,3,6-9H2,1-2H3/t11?,15-/m1/s1. The Balaban J connectivity index is 2.33. The fourth-order valence-electron chi connectivity index (χ4n) is 2.79. The van der Waals surface area contributed by atoms with Crippen LogP contribution in [0.5, 0.6) is 0 Å². The maximum Gasteiger partial charge on any atom is 0.128 e. The topological polar surface area (TPSA) is 15.3 Å². The minimum atomic E-state index is -0.0907. The van der Waals surface area contributed by atoms with Crippen molar-refractivity contribution in [1.82, 2.24) is 10.2 Å². The number of hydrogen-bond donors (Lipinski definition) is 1. The number of nitrogens with one attached hydrogen (secondary N) is 1. The van der Waals surface area contributed by atoms with Gasteiger partial charge in [0.2, 0.25) is 0 Å². The molecule has 19 heavy (non-hydrogen) atoms. The number of rotatable bonds is 4. The molecule has 1 fully saturated rings. The number of nitrogens with zero attached hydrogens (tertiary/aromatic N) is 1. The van der Waals surface area contributed by atoms with Crippen molar-refractivity contribution < 1.29 is 4.39 Å². The zero-order chi connectivity index (χ0) is 13.8. The molecule has 0 bridgehead atoms. The fourth-order valence-corrected chi connectivity index (χ4v) is 3.17. The Labute approximate surface area is 123 Å². The molecule has 2 nitrogen and oxygen atoms in total. The first-order chi connectivity index (χ1) is 9.13. The summed E-state index contributed by atoms with van der Waals surface area (Å²) < 4.78 is 15.2. The fraction of sp³-hybridized carbons (Fsp3) is 0.600. The van der Waals surface area contributed by atoms with Crippen molar-refractivity contribution >= 4 is 15.9 Å². The molecule has 1 aliphatic rings. The van der Waals surface area contributed by atoms with E-state index >= 15 is 0 Å². The molecule has 0 aromatic heterocycles. The first kappa shape index (κ1) is 14.9. The van der Waals surface area contributed by atoms with Gasteiger partial charge in [0.05, 0.1) is 0 Å². The molecule has 4 heteroatoms. The van der Waals surface area contributed by atoms with Crippen LogP contribution in [0.2, 0.25) is 0 Å². The molecule has 1 aromatic carbocycles. The maximum atomic E-state index is 14.2. The Morgan fingerprint density at radius 1 is 1.37 bits per heavy atom. The molecule has 1 N–H and O–H groups in total. The Morgan fingerprint density at radius 2 is 2.05 bits per heavy atom. The van der Waals surface area contributed by atoms with E-state index in [1.807, 2.05) is 6.07 Å². The Kier molecular flexibility index (Phi) is 5.37. The lowest BCUT2D eigenvalue weighted by molar-refractivity contribution is 0.125. The molecular formula is C15H22BrFN2. The summed E-state index contributed by atoms with van der Waals surface area (Å²) in [7, 11) is 0. The van der Waals surface area contributed by atoms with Crippen LogP contribution in [-0.2, 0) is 0 Å². The summed E-state index contributed by atoms with van der Waals surface area (Å²) in [5.74, 6) is 0.355. The summed E-state index contributed by atoms with van der Waals surface area (Å²) in [6.45, 7) is 8.34. The van der Waals surface area contributed by atoms with Crippen LogP contribution in [0.3, 0.4) is 0 Å². The summed E-state index contributed by atoms with van der Waals surface area (Å²) >= 11 is 3.46. The summed E-state index contributed by atoms with van der Waals surface area (Å²) in [5.41, 5.74) is 0.825. The van der Waals surface area contributed by atoms with E-state index < -0.39 is 0 Å². The van der Waals surface area contributed by atoms with Gasteiger partial charge >= 0.3 is 0 Å². The van der Waals surface area contributed by atoms with Crippen LogP contribution in [0.25, 0.3) is 0 Å². The lowest BCUT2D eigenvalue weighted by atomic mass is 9.90. The van der Waals surface area contributed by atoms with Crippen molar-refractivity contribution in [3.63, 3.8) is 0 Å². The quantitative estimate of drug-likeness (QED) is 0.908. The van der Waals surface area contributed by atoms with Crippen molar-refractivity contribution in [2.24, 2.45) is 5.92 Å². The van der Waals surface area contributed by atoms with Gasteiger partial charge in [-0.25, -0.2) is 4.39 Å². The lowest BCUT2D eigenvalue weighted by Gasteiger charge is -2.38. The van der Waals surface area contributed by atoms with Crippen molar-refractivity contribution in [2.75, 3.05) is 26.2 Å². The summed E-state index contributed by atoms with van der Waals surface area (Å²) in [4.78, 5) is 2.41. The SMILES string of the molecule is CCC(C)[C@H](c1cc(Br)ccc1F)N1CCNCC1. The number of benzene rings is 1. The van der Waals surface area contributed by atoms with Crippen molar-refractivity contribution in [1.29, 1.82) is 0 Å².